The molecule has 0 saturated heterocycles. The lowest BCUT2D eigenvalue weighted by Crippen LogP contribution is -2.34. The first kappa shape index (κ1) is 18.5. The highest BCUT2D eigenvalue weighted by Gasteiger charge is 2.12. The van der Waals surface area contributed by atoms with Crippen LogP contribution in [-0.2, 0) is 16.1 Å². The fourth-order valence-electron chi connectivity index (χ4n) is 2.08. The van der Waals surface area contributed by atoms with Crippen LogP contribution in [0.5, 0.6) is 5.75 Å². The predicted octanol–water partition coefficient (Wildman–Crippen LogP) is 1.88. The van der Waals surface area contributed by atoms with Gasteiger partial charge in [-0.25, -0.2) is 0 Å². The van der Waals surface area contributed by atoms with Gasteiger partial charge in [0.2, 0.25) is 5.91 Å². The first-order valence-electron chi connectivity index (χ1n) is 7.72. The van der Waals surface area contributed by atoms with Crippen molar-refractivity contribution < 1.29 is 14.3 Å². The van der Waals surface area contributed by atoms with Crippen molar-refractivity contribution in [2.45, 2.75) is 26.8 Å². The molecule has 2 N–H and O–H groups in total. The number of hydrogen-bond donors (Lipinski definition) is 2. The molecular weight excluding hydrogens is 280 g/mol. The van der Waals surface area contributed by atoms with Crippen LogP contribution in [0.15, 0.2) is 18.2 Å². The Bertz CT molecular complexity index is 463. The summed E-state index contributed by atoms with van der Waals surface area (Å²) < 4.78 is 10.8. The lowest BCUT2D eigenvalue weighted by atomic mass is 10.1. The molecule has 5 nitrogen and oxygen atoms in total. The highest BCUT2D eigenvalue weighted by Crippen LogP contribution is 2.20. The third-order valence-corrected chi connectivity index (χ3v) is 3.38. The van der Waals surface area contributed by atoms with Gasteiger partial charge in [0.25, 0.3) is 0 Å². The summed E-state index contributed by atoms with van der Waals surface area (Å²) in [7, 11) is 3.52. The van der Waals surface area contributed by atoms with Gasteiger partial charge in [0.05, 0.1) is 6.61 Å². The summed E-state index contributed by atoms with van der Waals surface area (Å²) in [6, 6.07) is 6.04. The number of aryl methyl sites for hydroxylation is 1. The topological polar surface area (TPSA) is 59.6 Å². The smallest absolute Gasteiger partial charge is 0.224 e. The van der Waals surface area contributed by atoms with Crippen LogP contribution in [0.1, 0.15) is 24.5 Å². The van der Waals surface area contributed by atoms with Crippen molar-refractivity contribution in [2.75, 3.05) is 33.9 Å². The van der Waals surface area contributed by atoms with E-state index in [-0.39, 0.29) is 11.8 Å². The molecule has 124 valence electrons. The second-order valence-corrected chi connectivity index (χ2v) is 5.48. The standard InChI is InChI=1S/C17H28N2O3/c1-13-6-7-15(12-19-17(20)14(2)11-18-3)16(10-13)22-9-5-8-21-4/h6-7,10,14,18H,5,8-9,11-12H2,1-4H3,(H,19,20). The van der Waals surface area contributed by atoms with E-state index in [0.29, 0.717) is 26.3 Å². The molecule has 0 aliphatic carbocycles. The molecule has 0 heterocycles. The Morgan fingerprint density at radius 2 is 2.09 bits per heavy atom. The lowest BCUT2D eigenvalue weighted by Gasteiger charge is -2.15. The molecule has 1 aromatic rings. The maximum atomic E-state index is 12.0. The Morgan fingerprint density at radius 3 is 2.77 bits per heavy atom. The number of nitrogens with one attached hydrogen (secondary N) is 2. The number of amides is 1. The number of carbonyl (C=O) groups is 1. The number of rotatable bonds is 10. The average molecular weight is 308 g/mol. The minimum Gasteiger partial charge on any atom is -0.493 e. The molecule has 0 radical (unpaired) electrons. The van der Waals surface area contributed by atoms with Crippen LogP contribution >= 0.6 is 0 Å². The highest BCUT2D eigenvalue weighted by molar-refractivity contribution is 5.78. The third-order valence-electron chi connectivity index (χ3n) is 3.38. The number of hydrogen-bond acceptors (Lipinski definition) is 4. The monoisotopic (exact) mass is 308 g/mol. The van der Waals surface area contributed by atoms with Gasteiger partial charge in [-0.3, -0.25) is 4.79 Å². The van der Waals surface area contributed by atoms with E-state index in [4.69, 9.17) is 9.47 Å². The van der Waals surface area contributed by atoms with E-state index >= 15 is 0 Å². The van der Waals surface area contributed by atoms with Gasteiger partial charge in [-0.15, -0.1) is 0 Å². The molecule has 1 rings (SSSR count). The van der Waals surface area contributed by atoms with Crippen molar-refractivity contribution in [1.29, 1.82) is 0 Å². The zero-order valence-electron chi connectivity index (χ0n) is 14.1. The molecule has 0 bridgehead atoms. The number of benzene rings is 1. The van der Waals surface area contributed by atoms with Gasteiger partial charge in [0.15, 0.2) is 0 Å². The van der Waals surface area contributed by atoms with Crippen LogP contribution in [0, 0.1) is 12.8 Å². The Hall–Kier alpha value is -1.59. The van der Waals surface area contributed by atoms with Gasteiger partial charge < -0.3 is 20.1 Å². The minimum absolute atomic E-state index is 0.0419. The molecule has 0 aliphatic rings. The third kappa shape index (κ3) is 6.45. The highest BCUT2D eigenvalue weighted by atomic mass is 16.5. The summed E-state index contributed by atoms with van der Waals surface area (Å²) >= 11 is 0. The minimum atomic E-state index is -0.0541. The molecule has 0 aliphatic heterocycles. The van der Waals surface area contributed by atoms with Crippen molar-refractivity contribution in [2.24, 2.45) is 5.92 Å². The Labute approximate surface area is 133 Å². The summed E-state index contributed by atoms with van der Waals surface area (Å²) in [4.78, 5) is 12.0. The van der Waals surface area contributed by atoms with Gasteiger partial charge in [-0.05, 0) is 25.6 Å². The van der Waals surface area contributed by atoms with Gasteiger partial charge >= 0.3 is 0 Å². The van der Waals surface area contributed by atoms with Crippen molar-refractivity contribution >= 4 is 5.91 Å². The maximum absolute atomic E-state index is 12.0. The van der Waals surface area contributed by atoms with Gasteiger partial charge in [0.1, 0.15) is 5.75 Å². The van der Waals surface area contributed by atoms with E-state index in [1.165, 1.54) is 0 Å². The van der Waals surface area contributed by atoms with Crippen molar-refractivity contribution in [1.82, 2.24) is 10.6 Å². The fraction of sp³-hybridized carbons (Fsp3) is 0.588. The van der Waals surface area contributed by atoms with Crippen LogP contribution in [0.2, 0.25) is 0 Å². The van der Waals surface area contributed by atoms with E-state index in [2.05, 4.69) is 10.6 Å². The Morgan fingerprint density at radius 1 is 1.32 bits per heavy atom. The molecule has 0 saturated carbocycles. The van der Waals surface area contributed by atoms with E-state index < -0.39 is 0 Å². The molecule has 1 aromatic carbocycles. The summed E-state index contributed by atoms with van der Waals surface area (Å²) in [5.74, 6) is 0.819. The number of ether oxygens (including phenoxy) is 2. The molecule has 0 fully saturated rings. The zero-order valence-corrected chi connectivity index (χ0v) is 14.1. The first-order valence-corrected chi connectivity index (χ1v) is 7.72. The lowest BCUT2D eigenvalue weighted by molar-refractivity contribution is -0.124. The molecule has 1 amide bonds. The van der Waals surface area contributed by atoms with Crippen LogP contribution < -0.4 is 15.4 Å². The van der Waals surface area contributed by atoms with Gasteiger partial charge in [-0.2, -0.15) is 0 Å². The second-order valence-electron chi connectivity index (χ2n) is 5.48. The molecule has 1 atom stereocenters. The van der Waals surface area contributed by atoms with Gasteiger partial charge in [-0.1, -0.05) is 19.1 Å². The van der Waals surface area contributed by atoms with Crippen LogP contribution in [0.25, 0.3) is 0 Å². The summed E-state index contributed by atoms with van der Waals surface area (Å²) in [6.45, 7) is 6.36. The van der Waals surface area contributed by atoms with Crippen molar-refractivity contribution in [3.05, 3.63) is 29.3 Å². The zero-order chi connectivity index (χ0) is 16.4. The normalized spacial score (nSPS) is 12.0. The predicted molar refractivity (Wildman–Crippen MR) is 88.1 cm³/mol. The van der Waals surface area contributed by atoms with Crippen molar-refractivity contribution in [3.8, 4) is 5.75 Å². The number of carbonyl (C=O) groups excluding carboxylic acids is 1. The molecule has 22 heavy (non-hydrogen) atoms. The molecule has 0 aromatic heterocycles. The Balaban J connectivity index is 2.59. The van der Waals surface area contributed by atoms with E-state index in [1.54, 1.807) is 7.11 Å². The van der Waals surface area contributed by atoms with Crippen LogP contribution in [-0.4, -0.2) is 39.8 Å². The Kier molecular flexibility index (Phi) is 8.55. The summed E-state index contributed by atoms with van der Waals surface area (Å²) in [5, 5.41) is 5.97. The SMILES string of the molecule is CNCC(C)C(=O)NCc1ccc(C)cc1OCCCOC. The molecule has 5 heteroatoms. The maximum Gasteiger partial charge on any atom is 0.224 e. The van der Waals surface area contributed by atoms with E-state index in [9.17, 15) is 4.79 Å². The summed E-state index contributed by atoms with van der Waals surface area (Å²) in [5.41, 5.74) is 2.13. The van der Waals surface area contributed by atoms with Gasteiger partial charge in [0, 0.05) is 44.7 Å². The molecular formula is C17H28N2O3. The fourth-order valence-corrected chi connectivity index (χ4v) is 2.08. The quantitative estimate of drug-likeness (QED) is 0.648. The van der Waals surface area contributed by atoms with Crippen LogP contribution in [0.4, 0.5) is 0 Å². The first-order chi connectivity index (χ1) is 10.6. The van der Waals surface area contributed by atoms with E-state index in [1.807, 2.05) is 39.1 Å². The average Bonchev–Trinajstić information content (AvgIpc) is 2.50. The second kappa shape index (κ2) is 10.2. The van der Waals surface area contributed by atoms with Crippen LogP contribution in [0.3, 0.4) is 0 Å². The van der Waals surface area contributed by atoms with Crippen molar-refractivity contribution in [3.63, 3.8) is 0 Å². The molecule has 0 spiro atoms. The van der Waals surface area contributed by atoms with E-state index in [0.717, 1.165) is 23.3 Å². The summed E-state index contributed by atoms with van der Waals surface area (Å²) in [6.07, 6.45) is 0.843. The number of methoxy groups -OCH3 is 1. The molecule has 1 unspecified atom stereocenters. The largest absolute Gasteiger partial charge is 0.493 e.